The van der Waals surface area contributed by atoms with Gasteiger partial charge in [-0.1, -0.05) is 394 Å². The van der Waals surface area contributed by atoms with Crippen molar-refractivity contribution in [2.24, 2.45) is 0 Å². The molecule has 19 nitrogen and oxygen atoms in total. The van der Waals surface area contributed by atoms with E-state index in [1.165, 1.54) is 276 Å². The molecule has 0 aliphatic carbocycles. The van der Waals surface area contributed by atoms with Crippen molar-refractivity contribution in [2.45, 2.75) is 491 Å². The number of amides is 1. The molecule has 0 saturated carbocycles. The Morgan fingerprint density at radius 3 is 0.939 bits per heavy atom. The van der Waals surface area contributed by atoms with Gasteiger partial charge in [-0.2, -0.15) is 0 Å². The van der Waals surface area contributed by atoms with E-state index in [1.54, 1.807) is 6.08 Å². The van der Waals surface area contributed by atoms with E-state index in [0.29, 0.717) is 6.42 Å². The number of nitrogens with one attached hydrogen (secondary N) is 1. The van der Waals surface area contributed by atoms with Crippen LogP contribution in [0.2, 0.25) is 0 Å². The molecule has 115 heavy (non-hydrogen) atoms. The summed E-state index contributed by atoms with van der Waals surface area (Å²) >= 11 is 0. The van der Waals surface area contributed by atoms with Crippen LogP contribution in [0.4, 0.5) is 0 Å². The van der Waals surface area contributed by atoms with Crippen LogP contribution in [0.15, 0.2) is 85.1 Å². The van der Waals surface area contributed by atoms with E-state index >= 15 is 0 Å². The minimum Gasteiger partial charge on any atom is -0.394 e. The Balaban J connectivity index is 1.31. The van der Waals surface area contributed by atoms with Gasteiger partial charge in [0.25, 0.3) is 0 Å². The molecule has 670 valence electrons. The first kappa shape index (κ1) is 106. The monoisotopic (exact) mass is 1630 g/mol. The Morgan fingerprint density at radius 2 is 0.600 bits per heavy atom. The lowest BCUT2D eigenvalue weighted by molar-refractivity contribution is -0.379. The van der Waals surface area contributed by atoms with Crippen LogP contribution in [0.25, 0.3) is 0 Å². The van der Waals surface area contributed by atoms with Crippen molar-refractivity contribution in [3.05, 3.63) is 85.1 Å². The molecular weight excluding hydrogens is 1460 g/mol. The summed E-state index contributed by atoms with van der Waals surface area (Å²) in [4.78, 5) is 13.5. The molecule has 0 radical (unpaired) electrons. The molecule has 3 fully saturated rings. The molecule has 3 saturated heterocycles. The zero-order valence-corrected chi connectivity index (χ0v) is 72.5. The van der Waals surface area contributed by atoms with Gasteiger partial charge < -0.3 is 89.9 Å². The van der Waals surface area contributed by atoms with Gasteiger partial charge >= 0.3 is 0 Å². The van der Waals surface area contributed by atoms with Gasteiger partial charge in [0.05, 0.1) is 38.6 Å². The third-order valence-electron chi connectivity index (χ3n) is 23.2. The van der Waals surface area contributed by atoms with Crippen LogP contribution in [-0.2, 0) is 33.2 Å². The second-order valence-electron chi connectivity index (χ2n) is 33.5. The Bertz CT molecular complexity index is 2400. The van der Waals surface area contributed by atoms with E-state index in [4.69, 9.17) is 28.4 Å². The average molecular weight is 1630 g/mol. The van der Waals surface area contributed by atoms with Crippen molar-refractivity contribution in [3.8, 4) is 0 Å². The largest absolute Gasteiger partial charge is 0.394 e. The predicted octanol–water partition coefficient (Wildman–Crippen LogP) is 18.9. The molecule has 3 aliphatic heterocycles. The minimum atomic E-state index is -1.98. The SMILES string of the molecule is CC/C=C\C/C=C\C/C=C\C/C=C\C/C=C\C/C=C\CCCCCCCCCCCCCCCCCCCCC(=O)NC(COC1OC(CO)C(OC2OC(CO)C(OC3OC(CO)C(O)C(O)C3O)C(O)C2O)C(O)C1O)C(O)/C=C/CCCCCCCCCCCCCCCCCCCCCCCCCCCCCCCCC. The van der Waals surface area contributed by atoms with Gasteiger partial charge in [-0.15, -0.1) is 0 Å². The maximum absolute atomic E-state index is 13.5. The first-order valence-electron chi connectivity index (χ1n) is 47.3. The molecule has 12 N–H and O–H groups in total. The number of aliphatic hydroxyl groups is 11. The first-order valence-corrected chi connectivity index (χ1v) is 47.3. The maximum Gasteiger partial charge on any atom is 0.220 e. The zero-order valence-electron chi connectivity index (χ0n) is 72.5. The Hall–Kier alpha value is -3.03. The molecule has 3 aliphatic rings. The van der Waals surface area contributed by atoms with Crippen LogP contribution < -0.4 is 5.32 Å². The van der Waals surface area contributed by atoms with Crippen molar-refractivity contribution in [3.63, 3.8) is 0 Å². The number of hydrogen-bond donors (Lipinski definition) is 12. The van der Waals surface area contributed by atoms with Gasteiger partial charge in [-0.05, 0) is 70.6 Å². The number of ether oxygens (including phenoxy) is 6. The average Bonchev–Trinajstić information content (AvgIpc) is 0.779. The van der Waals surface area contributed by atoms with E-state index in [0.717, 1.165) is 83.5 Å². The second-order valence-corrected chi connectivity index (χ2v) is 33.5. The van der Waals surface area contributed by atoms with Crippen LogP contribution in [0.1, 0.15) is 386 Å². The Kier molecular flexibility index (Phi) is 69.0. The van der Waals surface area contributed by atoms with E-state index in [-0.39, 0.29) is 18.9 Å². The second kappa shape index (κ2) is 74.8. The van der Waals surface area contributed by atoms with Crippen LogP contribution in [0, 0.1) is 0 Å². The smallest absolute Gasteiger partial charge is 0.220 e. The minimum absolute atomic E-state index is 0.243. The Labute approximate surface area is 699 Å². The van der Waals surface area contributed by atoms with Gasteiger partial charge in [-0.3, -0.25) is 4.79 Å². The molecular formula is C96H173NO18. The van der Waals surface area contributed by atoms with E-state index in [2.05, 4.69) is 92.1 Å². The lowest BCUT2D eigenvalue weighted by atomic mass is 9.96. The highest BCUT2D eigenvalue weighted by Crippen LogP contribution is 2.34. The summed E-state index contributed by atoms with van der Waals surface area (Å²) in [5, 5.41) is 121. The number of allylic oxidation sites excluding steroid dienone is 13. The standard InChI is InChI=1S/C96H173NO18/c1-3-5-7-9-11-13-15-17-19-21-23-25-27-29-31-33-35-37-38-39-40-42-44-46-48-50-52-54-56-58-60-62-64-66-68-70-72-74-84(102)97-79(80(101)73-71-69-67-65-63-61-59-57-55-53-51-49-47-45-43-41-36-34-32-30-28-26-24-22-20-18-16-14-12-10-8-6-4-2)78-110-94-90(108)87(105)92(82(76-99)112-94)115-96-91(109)88(106)93(83(77-100)113-96)114-95-89(107)86(104)85(103)81(75-98)111-95/h5,7,11,13,17,19,23,25,29,31,35,37,71,73,79-83,85-96,98-101,103-109H,3-4,6,8-10,12,14-16,18,20-22,24,26-28,30,32-34,36,38-70,72,74-78H2,1-2H3,(H,97,102)/b7-5-,13-11-,19-17-,25-23-,31-29-,37-35-,73-71+. The van der Waals surface area contributed by atoms with Gasteiger partial charge in [0.15, 0.2) is 18.9 Å². The molecule has 3 heterocycles. The molecule has 0 bridgehead atoms. The van der Waals surface area contributed by atoms with Crippen molar-refractivity contribution < 1.29 is 89.4 Å². The number of aliphatic hydroxyl groups excluding tert-OH is 11. The quantitative estimate of drug-likeness (QED) is 0.0199. The number of rotatable bonds is 77. The van der Waals surface area contributed by atoms with Crippen LogP contribution >= 0.6 is 0 Å². The summed E-state index contributed by atoms with van der Waals surface area (Å²) in [6.07, 6.45) is 76.0. The fourth-order valence-electron chi connectivity index (χ4n) is 15.7. The van der Waals surface area contributed by atoms with Crippen molar-refractivity contribution in [2.75, 3.05) is 26.4 Å². The van der Waals surface area contributed by atoms with Gasteiger partial charge in [0.2, 0.25) is 5.91 Å². The summed E-state index contributed by atoms with van der Waals surface area (Å²) in [7, 11) is 0. The first-order chi connectivity index (χ1) is 56.3. The van der Waals surface area contributed by atoms with Crippen LogP contribution in [0.3, 0.4) is 0 Å². The normalized spacial score (nSPS) is 25.0. The fraction of sp³-hybridized carbons (Fsp3) is 0.844. The topological polar surface area (TPSA) is 307 Å². The van der Waals surface area contributed by atoms with Crippen molar-refractivity contribution in [1.82, 2.24) is 5.32 Å². The molecule has 0 aromatic rings. The van der Waals surface area contributed by atoms with Gasteiger partial charge in [0, 0.05) is 6.42 Å². The third kappa shape index (κ3) is 52.8. The number of carbonyl (C=O) groups is 1. The molecule has 17 atom stereocenters. The molecule has 19 heteroatoms. The van der Waals surface area contributed by atoms with Gasteiger partial charge in [-0.25, -0.2) is 0 Å². The summed E-state index contributed by atoms with van der Waals surface area (Å²) in [6, 6.07) is -0.978. The molecule has 0 spiro atoms. The van der Waals surface area contributed by atoms with Crippen LogP contribution in [0.5, 0.6) is 0 Å². The van der Waals surface area contributed by atoms with E-state index in [9.17, 15) is 61.0 Å². The lowest BCUT2D eigenvalue weighted by Gasteiger charge is -2.48. The summed E-state index contributed by atoms with van der Waals surface area (Å²) < 4.78 is 34.6. The van der Waals surface area contributed by atoms with Crippen molar-refractivity contribution in [1.29, 1.82) is 0 Å². The highest BCUT2D eigenvalue weighted by molar-refractivity contribution is 5.76. The summed E-state index contributed by atoms with van der Waals surface area (Å²) in [6.45, 7) is 1.68. The fourth-order valence-corrected chi connectivity index (χ4v) is 15.7. The number of unbranched alkanes of at least 4 members (excludes halogenated alkanes) is 49. The van der Waals surface area contributed by atoms with Gasteiger partial charge in [0.1, 0.15) is 73.2 Å². The summed E-state index contributed by atoms with van der Waals surface area (Å²) in [5.74, 6) is -0.271. The highest BCUT2D eigenvalue weighted by atomic mass is 16.8. The molecule has 1 amide bonds. The summed E-state index contributed by atoms with van der Waals surface area (Å²) in [5.41, 5.74) is 0. The zero-order chi connectivity index (χ0) is 83.1. The van der Waals surface area contributed by atoms with E-state index in [1.807, 2.05) is 6.08 Å². The van der Waals surface area contributed by atoms with E-state index < -0.39 is 124 Å². The maximum atomic E-state index is 13.5. The number of carbonyl (C=O) groups excluding carboxylic acids is 1. The number of hydrogen-bond acceptors (Lipinski definition) is 18. The molecule has 0 aromatic carbocycles. The molecule has 0 aromatic heterocycles. The molecule has 17 unspecified atom stereocenters. The highest BCUT2D eigenvalue weighted by Gasteiger charge is 2.54. The third-order valence-corrected chi connectivity index (χ3v) is 23.2. The predicted molar refractivity (Wildman–Crippen MR) is 466 cm³/mol. The lowest BCUT2D eigenvalue weighted by Crippen LogP contribution is -2.66. The molecule has 3 rings (SSSR count). The van der Waals surface area contributed by atoms with Crippen molar-refractivity contribution >= 4 is 5.91 Å². The van der Waals surface area contributed by atoms with Crippen LogP contribution in [-0.4, -0.2) is 193 Å². The Morgan fingerprint density at radius 1 is 0.322 bits per heavy atom.